The largest absolute Gasteiger partial charge is 0.467 e. The number of nitrogens with zero attached hydrogens (tertiary/aromatic N) is 1. The van der Waals surface area contributed by atoms with Crippen molar-refractivity contribution in [2.24, 2.45) is 16.5 Å². The van der Waals surface area contributed by atoms with E-state index in [9.17, 15) is 4.79 Å². The number of unbranched alkanes of at least 4 members (excludes halogenated alkanes) is 15. The van der Waals surface area contributed by atoms with E-state index in [-0.39, 0.29) is 11.9 Å². The Bertz CT molecular complexity index is 409. The first-order chi connectivity index (χ1) is 13.5. The van der Waals surface area contributed by atoms with Crippen LogP contribution in [0.3, 0.4) is 0 Å². The Labute approximate surface area is 174 Å². The van der Waals surface area contributed by atoms with Gasteiger partial charge < -0.3 is 16.2 Å². The molecule has 0 aromatic carbocycles. The van der Waals surface area contributed by atoms with Gasteiger partial charge in [0.1, 0.15) is 0 Å². The number of guanidine groups is 1. The summed E-state index contributed by atoms with van der Waals surface area (Å²) < 4.78 is 4.84. The second kappa shape index (κ2) is 17.8. The van der Waals surface area contributed by atoms with Gasteiger partial charge in [-0.1, -0.05) is 110 Å². The van der Waals surface area contributed by atoms with Crippen LogP contribution < -0.4 is 11.5 Å². The van der Waals surface area contributed by atoms with E-state index < -0.39 is 5.54 Å². The van der Waals surface area contributed by atoms with Crippen molar-refractivity contribution >= 4 is 11.9 Å². The third-order valence-corrected chi connectivity index (χ3v) is 5.52. The quantitative estimate of drug-likeness (QED) is 0.124. The first kappa shape index (κ1) is 26.7. The summed E-state index contributed by atoms with van der Waals surface area (Å²) in [6.45, 7) is 4.01. The van der Waals surface area contributed by atoms with Gasteiger partial charge in [0.05, 0.1) is 7.11 Å². The van der Waals surface area contributed by atoms with E-state index in [2.05, 4.69) is 11.9 Å². The summed E-state index contributed by atoms with van der Waals surface area (Å²) in [6, 6.07) is 0. The highest BCUT2D eigenvalue weighted by Crippen LogP contribution is 2.22. The van der Waals surface area contributed by atoms with Crippen LogP contribution in [0.2, 0.25) is 0 Å². The van der Waals surface area contributed by atoms with Gasteiger partial charge in [0.15, 0.2) is 11.5 Å². The van der Waals surface area contributed by atoms with E-state index in [1.807, 2.05) is 0 Å². The molecule has 28 heavy (non-hydrogen) atoms. The fourth-order valence-electron chi connectivity index (χ4n) is 3.73. The zero-order chi connectivity index (χ0) is 21.1. The van der Waals surface area contributed by atoms with Crippen LogP contribution in [0.1, 0.15) is 123 Å². The van der Waals surface area contributed by atoms with Gasteiger partial charge in [0, 0.05) is 0 Å². The third kappa shape index (κ3) is 14.8. The van der Waals surface area contributed by atoms with Crippen molar-refractivity contribution in [1.82, 2.24) is 0 Å². The summed E-state index contributed by atoms with van der Waals surface area (Å²) in [5, 5.41) is 0. The average molecular weight is 398 g/mol. The van der Waals surface area contributed by atoms with Gasteiger partial charge in [-0.25, -0.2) is 9.79 Å². The SMILES string of the molecule is CCCCCCCCCCCCCCCCCCC(C)(N=C(N)N)C(=O)OC. The standard InChI is InChI=1S/C23H47N3O2/c1-4-5-6-7-8-9-10-11-12-13-14-15-16-17-18-19-20-23(2,21(27)28-3)26-22(24)25/h4-20H2,1-3H3,(H4,24,25,26). The number of carbonyl (C=O) groups is 1. The Morgan fingerprint density at radius 2 is 1.11 bits per heavy atom. The van der Waals surface area contributed by atoms with E-state index in [4.69, 9.17) is 16.2 Å². The van der Waals surface area contributed by atoms with Crippen molar-refractivity contribution in [3.8, 4) is 0 Å². The molecule has 0 fully saturated rings. The van der Waals surface area contributed by atoms with E-state index in [1.54, 1.807) is 6.92 Å². The molecule has 5 nitrogen and oxygen atoms in total. The van der Waals surface area contributed by atoms with Crippen molar-refractivity contribution in [2.75, 3.05) is 7.11 Å². The minimum atomic E-state index is -0.955. The monoisotopic (exact) mass is 397 g/mol. The van der Waals surface area contributed by atoms with Crippen LogP contribution in [0.4, 0.5) is 0 Å². The molecule has 5 heteroatoms. The van der Waals surface area contributed by atoms with E-state index in [0.29, 0.717) is 6.42 Å². The lowest BCUT2D eigenvalue weighted by atomic mass is 9.94. The van der Waals surface area contributed by atoms with Crippen molar-refractivity contribution in [3.63, 3.8) is 0 Å². The minimum absolute atomic E-state index is 0.0654. The first-order valence-corrected chi connectivity index (χ1v) is 11.7. The molecule has 0 bridgehead atoms. The lowest BCUT2D eigenvalue weighted by Gasteiger charge is -2.22. The van der Waals surface area contributed by atoms with Gasteiger partial charge in [-0.3, -0.25) is 0 Å². The highest BCUT2D eigenvalue weighted by molar-refractivity contribution is 5.85. The molecule has 0 aromatic rings. The topological polar surface area (TPSA) is 90.7 Å². The first-order valence-electron chi connectivity index (χ1n) is 11.7. The van der Waals surface area contributed by atoms with E-state index in [1.165, 1.54) is 97.0 Å². The number of rotatable bonds is 19. The molecule has 0 saturated carbocycles. The van der Waals surface area contributed by atoms with Crippen LogP contribution in [0, 0.1) is 0 Å². The van der Waals surface area contributed by atoms with Crippen molar-refractivity contribution in [3.05, 3.63) is 0 Å². The summed E-state index contributed by atoms with van der Waals surface area (Å²) in [5.41, 5.74) is 9.95. The highest BCUT2D eigenvalue weighted by Gasteiger charge is 2.33. The number of hydrogen-bond acceptors (Lipinski definition) is 3. The van der Waals surface area contributed by atoms with E-state index in [0.717, 1.165) is 12.8 Å². The van der Waals surface area contributed by atoms with Crippen molar-refractivity contribution in [2.45, 2.75) is 129 Å². The predicted octanol–water partition coefficient (Wildman–Crippen LogP) is 5.84. The molecule has 4 N–H and O–H groups in total. The zero-order valence-corrected chi connectivity index (χ0v) is 18.9. The third-order valence-electron chi connectivity index (χ3n) is 5.52. The lowest BCUT2D eigenvalue weighted by molar-refractivity contribution is -0.146. The second-order valence-corrected chi connectivity index (χ2v) is 8.36. The fraction of sp³-hybridized carbons (Fsp3) is 0.913. The maximum atomic E-state index is 11.9. The Kier molecular flexibility index (Phi) is 17.0. The highest BCUT2D eigenvalue weighted by atomic mass is 16.5. The Hall–Kier alpha value is -1.26. The molecule has 0 aliphatic carbocycles. The summed E-state index contributed by atoms with van der Waals surface area (Å²) >= 11 is 0. The molecule has 0 rings (SSSR count). The number of methoxy groups -OCH3 is 1. The number of hydrogen-bond donors (Lipinski definition) is 2. The Morgan fingerprint density at radius 1 is 0.750 bits per heavy atom. The van der Waals surface area contributed by atoms with Crippen molar-refractivity contribution < 1.29 is 9.53 Å². The van der Waals surface area contributed by atoms with Crippen LogP contribution in [0.5, 0.6) is 0 Å². The predicted molar refractivity (Wildman–Crippen MR) is 120 cm³/mol. The Morgan fingerprint density at radius 3 is 1.43 bits per heavy atom. The lowest BCUT2D eigenvalue weighted by Crippen LogP contribution is -2.39. The van der Waals surface area contributed by atoms with Crippen LogP contribution in [-0.4, -0.2) is 24.6 Å². The summed E-state index contributed by atoms with van der Waals surface area (Å²) in [4.78, 5) is 16.0. The van der Waals surface area contributed by atoms with E-state index >= 15 is 0 Å². The summed E-state index contributed by atoms with van der Waals surface area (Å²) in [7, 11) is 1.37. The molecule has 1 atom stereocenters. The van der Waals surface area contributed by atoms with Gasteiger partial charge >= 0.3 is 5.97 Å². The average Bonchev–Trinajstić information content (AvgIpc) is 2.66. The number of esters is 1. The van der Waals surface area contributed by atoms with Gasteiger partial charge in [-0.2, -0.15) is 0 Å². The summed E-state index contributed by atoms with van der Waals surface area (Å²) in [5.74, 6) is -0.439. The number of carbonyl (C=O) groups excluding carboxylic acids is 1. The molecule has 0 radical (unpaired) electrons. The second-order valence-electron chi connectivity index (χ2n) is 8.36. The molecule has 0 aliphatic heterocycles. The van der Waals surface area contributed by atoms with Crippen LogP contribution >= 0.6 is 0 Å². The molecule has 0 spiro atoms. The maximum Gasteiger partial charge on any atom is 0.333 e. The fourth-order valence-corrected chi connectivity index (χ4v) is 3.73. The van der Waals surface area contributed by atoms with Gasteiger partial charge in [0.2, 0.25) is 0 Å². The normalized spacial score (nSPS) is 13.1. The Balaban J connectivity index is 3.52. The molecule has 0 heterocycles. The van der Waals surface area contributed by atoms with Gasteiger partial charge in [-0.15, -0.1) is 0 Å². The van der Waals surface area contributed by atoms with Crippen LogP contribution in [0.15, 0.2) is 4.99 Å². The molecular formula is C23H47N3O2. The smallest absolute Gasteiger partial charge is 0.333 e. The number of aliphatic imine (C=N–C) groups is 1. The molecule has 1 unspecified atom stereocenters. The molecule has 0 saturated heterocycles. The number of nitrogens with two attached hydrogens (primary N) is 2. The van der Waals surface area contributed by atoms with Gasteiger partial charge in [-0.05, 0) is 13.3 Å². The zero-order valence-electron chi connectivity index (χ0n) is 18.9. The molecule has 0 amide bonds. The van der Waals surface area contributed by atoms with Gasteiger partial charge in [0.25, 0.3) is 0 Å². The molecule has 0 aromatic heterocycles. The molecule has 0 aliphatic rings. The maximum absolute atomic E-state index is 11.9. The summed E-state index contributed by atoms with van der Waals surface area (Å²) in [6.07, 6.45) is 21.8. The van der Waals surface area contributed by atoms with Crippen molar-refractivity contribution in [1.29, 1.82) is 0 Å². The van der Waals surface area contributed by atoms with Crippen LogP contribution in [0.25, 0.3) is 0 Å². The molecular weight excluding hydrogens is 350 g/mol. The molecule has 166 valence electrons. The minimum Gasteiger partial charge on any atom is -0.467 e. The van der Waals surface area contributed by atoms with Crippen LogP contribution in [-0.2, 0) is 9.53 Å². The number of ether oxygens (including phenoxy) is 1.